The van der Waals surface area contributed by atoms with Crippen LogP contribution >= 0.6 is 0 Å². The number of carbonyl (C=O) groups excluding carboxylic acids is 2. The van der Waals surface area contributed by atoms with Crippen LogP contribution < -0.4 is 20.4 Å². The Morgan fingerprint density at radius 2 is 1.59 bits per heavy atom. The standard InChI is InChI=1S/C22H28N4O3/c1-4-26(5-2)19-10-6-17(7-11-19)16-23-25-22(28)15-14-21(27)24-18-8-12-20(29-3)13-9-18/h6-13,16H,4-5,14-15H2,1-3H3,(H,24,27)(H,25,28)/b23-16+. The SMILES string of the molecule is CCN(CC)c1ccc(/C=N/NC(=O)CCC(=O)Nc2ccc(OC)cc2)cc1. The van der Waals surface area contributed by atoms with Gasteiger partial charge >= 0.3 is 0 Å². The highest BCUT2D eigenvalue weighted by atomic mass is 16.5. The van der Waals surface area contributed by atoms with Crippen molar-refractivity contribution in [1.82, 2.24) is 5.43 Å². The Morgan fingerprint density at radius 3 is 2.17 bits per heavy atom. The predicted molar refractivity (Wildman–Crippen MR) is 117 cm³/mol. The minimum atomic E-state index is -0.314. The van der Waals surface area contributed by atoms with E-state index in [1.165, 1.54) is 0 Å². The van der Waals surface area contributed by atoms with Gasteiger partial charge in [0.15, 0.2) is 0 Å². The number of hydrogen-bond acceptors (Lipinski definition) is 5. The molecule has 0 aliphatic rings. The highest BCUT2D eigenvalue weighted by Gasteiger charge is 2.07. The van der Waals surface area contributed by atoms with Crippen molar-refractivity contribution in [3.05, 3.63) is 54.1 Å². The molecule has 2 amide bonds. The van der Waals surface area contributed by atoms with Crippen LogP contribution in [0.15, 0.2) is 53.6 Å². The first-order valence-corrected chi connectivity index (χ1v) is 9.66. The van der Waals surface area contributed by atoms with Gasteiger partial charge in [-0.3, -0.25) is 9.59 Å². The fraction of sp³-hybridized carbons (Fsp3) is 0.318. The lowest BCUT2D eigenvalue weighted by Gasteiger charge is -2.20. The highest BCUT2D eigenvalue weighted by Crippen LogP contribution is 2.15. The number of benzene rings is 2. The first-order valence-electron chi connectivity index (χ1n) is 9.66. The summed E-state index contributed by atoms with van der Waals surface area (Å²) in [6, 6.07) is 15.0. The van der Waals surface area contributed by atoms with E-state index in [1.807, 2.05) is 24.3 Å². The van der Waals surface area contributed by atoms with Crippen molar-refractivity contribution in [2.45, 2.75) is 26.7 Å². The second-order valence-electron chi connectivity index (χ2n) is 6.33. The smallest absolute Gasteiger partial charge is 0.240 e. The van der Waals surface area contributed by atoms with Gasteiger partial charge in [0.2, 0.25) is 11.8 Å². The zero-order chi connectivity index (χ0) is 21.1. The molecule has 0 aromatic heterocycles. The molecule has 0 heterocycles. The van der Waals surface area contributed by atoms with Gasteiger partial charge in [-0.25, -0.2) is 5.43 Å². The topological polar surface area (TPSA) is 83.0 Å². The van der Waals surface area contributed by atoms with Crippen LogP contribution in [0.5, 0.6) is 5.75 Å². The van der Waals surface area contributed by atoms with E-state index in [2.05, 4.69) is 34.6 Å². The molecule has 0 bridgehead atoms. The Morgan fingerprint density at radius 1 is 0.966 bits per heavy atom. The molecule has 2 rings (SSSR count). The number of rotatable bonds is 10. The molecule has 7 nitrogen and oxygen atoms in total. The predicted octanol–water partition coefficient (Wildman–Crippen LogP) is 3.41. The van der Waals surface area contributed by atoms with Crippen LogP contribution in [0.2, 0.25) is 0 Å². The number of ether oxygens (including phenoxy) is 1. The molecule has 0 saturated carbocycles. The fourth-order valence-electron chi connectivity index (χ4n) is 2.72. The molecule has 0 aliphatic heterocycles. The van der Waals surface area contributed by atoms with Gasteiger partial charge < -0.3 is 15.0 Å². The highest BCUT2D eigenvalue weighted by molar-refractivity contribution is 5.93. The molecule has 2 N–H and O–H groups in total. The van der Waals surface area contributed by atoms with Gasteiger partial charge in [0.25, 0.3) is 0 Å². The quantitative estimate of drug-likeness (QED) is 0.476. The van der Waals surface area contributed by atoms with E-state index in [-0.39, 0.29) is 24.7 Å². The lowest BCUT2D eigenvalue weighted by molar-refractivity contribution is -0.124. The number of nitrogens with zero attached hydrogens (tertiary/aromatic N) is 2. The summed E-state index contributed by atoms with van der Waals surface area (Å²) in [5.74, 6) is 0.162. The molecule has 0 aliphatic carbocycles. The molecular formula is C22H28N4O3. The van der Waals surface area contributed by atoms with Crippen molar-refractivity contribution in [2.75, 3.05) is 30.4 Å². The summed E-state index contributed by atoms with van der Waals surface area (Å²) in [4.78, 5) is 26.1. The summed E-state index contributed by atoms with van der Waals surface area (Å²) in [6.45, 7) is 6.13. The van der Waals surface area contributed by atoms with Gasteiger partial charge in [-0.1, -0.05) is 12.1 Å². The van der Waals surface area contributed by atoms with E-state index in [4.69, 9.17) is 4.74 Å². The molecule has 0 atom stereocenters. The van der Waals surface area contributed by atoms with Crippen molar-refractivity contribution in [1.29, 1.82) is 0 Å². The maximum absolute atomic E-state index is 11.9. The Kier molecular flexibility index (Phi) is 8.69. The van der Waals surface area contributed by atoms with Crippen molar-refractivity contribution < 1.29 is 14.3 Å². The van der Waals surface area contributed by atoms with Crippen LogP contribution in [0.4, 0.5) is 11.4 Å². The molecule has 29 heavy (non-hydrogen) atoms. The molecule has 2 aromatic carbocycles. The third-order valence-corrected chi connectivity index (χ3v) is 4.38. The number of methoxy groups -OCH3 is 1. The monoisotopic (exact) mass is 396 g/mol. The lowest BCUT2D eigenvalue weighted by atomic mass is 10.2. The van der Waals surface area contributed by atoms with Crippen LogP contribution in [-0.2, 0) is 9.59 Å². The Bertz CT molecular complexity index is 813. The fourth-order valence-corrected chi connectivity index (χ4v) is 2.72. The van der Waals surface area contributed by atoms with Gasteiger partial charge in [0.05, 0.1) is 13.3 Å². The molecule has 7 heteroatoms. The average molecular weight is 396 g/mol. The lowest BCUT2D eigenvalue weighted by Crippen LogP contribution is -2.21. The van der Waals surface area contributed by atoms with Crippen molar-refractivity contribution in [2.24, 2.45) is 5.10 Å². The Balaban J connectivity index is 1.73. The number of hydrogen-bond donors (Lipinski definition) is 2. The van der Waals surface area contributed by atoms with Gasteiger partial charge in [-0.2, -0.15) is 5.10 Å². The van der Waals surface area contributed by atoms with Crippen LogP contribution in [-0.4, -0.2) is 38.2 Å². The largest absolute Gasteiger partial charge is 0.497 e. The van der Waals surface area contributed by atoms with E-state index in [0.29, 0.717) is 11.4 Å². The maximum Gasteiger partial charge on any atom is 0.240 e. The minimum absolute atomic E-state index is 0.0558. The third kappa shape index (κ3) is 7.29. The second-order valence-corrected chi connectivity index (χ2v) is 6.33. The first-order chi connectivity index (χ1) is 14.0. The van der Waals surface area contributed by atoms with E-state index < -0.39 is 0 Å². The molecule has 0 spiro atoms. The van der Waals surface area contributed by atoms with E-state index in [9.17, 15) is 9.59 Å². The van der Waals surface area contributed by atoms with E-state index in [0.717, 1.165) is 24.3 Å². The second kappa shape index (κ2) is 11.5. The minimum Gasteiger partial charge on any atom is -0.497 e. The average Bonchev–Trinajstić information content (AvgIpc) is 2.75. The zero-order valence-electron chi connectivity index (χ0n) is 17.1. The van der Waals surface area contributed by atoms with Crippen LogP contribution in [0.1, 0.15) is 32.3 Å². The molecular weight excluding hydrogens is 368 g/mol. The third-order valence-electron chi connectivity index (χ3n) is 4.38. The normalized spacial score (nSPS) is 10.6. The summed E-state index contributed by atoms with van der Waals surface area (Å²) < 4.78 is 5.07. The molecule has 0 fully saturated rings. The van der Waals surface area contributed by atoms with Crippen molar-refractivity contribution >= 4 is 29.4 Å². The van der Waals surface area contributed by atoms with Gasteiger partial charge in [-0.15, -0.1) is 0 Å². The van der Waals surface area contributed by atoms with E-state index in [1.54, 1.807) is 37.6 Å². The van der Waals surface area contributed by atoms with Crippen molar-refractivity contribution in [3.63, 3.8) is 0 Å². The van der Waals surface area contributed by atoms with Gasteiger partial charge in [-0.05, 0) is 55.8 Å². The summed E-state index contributed by atoms with van der Waals surface area (Å²) in [5.41, 5.74) is 5.14. The molecule has 0 saturated heterocycles. The molecule has 154 valence electrons. The number of hydrazone groups is 1. The van der Waals surface area contributed by atoms with E-state index >= 15 is 0 Å². The van der Waals surface area contributed by atoms with Crippen LogP contribution in [0.25, 0.3) is 0 Å². The molecule has 2 aromatic rings. The summed E-state index contributed by atoms with van der Waals surface area (Å²) in [7, 11) is 1.58. The number of amides is 2. The summed E-state index contributed by atoms with van der Waals surface area (Å²) in [5, 5.41) is 6.69. The summed E-state index contributed by atoms with van der Waals surface area (Å²) >= 11 is 0. The van der Waals surface area contributed by atoms with Gasteiger partial charge in [0, 0.05) is 37.3 Å². The number of nitrogens with one attached hydrogen (secondary N) is 2. The Hall–Kier alpha value is -3.35. The van der Waals surface area contributed by atoms with Gasteiger partial charge in [0.1, 0.15) is 5.75 Å². The van der Waals surface area contributed by atoms with Crippen LogP contribution in [0.3, 0.4) is 0 Å². The number of carbonyl (C=O) groups is 2. The first kappa shape index (κ1) is 21.9. The molecule has 0 radical (unpaired) electrons. The summed E-state index contributed by atoms with van der Waals surface area (Å²) in [6.07, 6.45) is 1.72. The number of anilines is 2. The zero-order valence-corrected chi connectivity index (χ0v) is 17.1. The maximum atomic E-state index is 11.9. The Labute approximate surface area is 171 Å². The van der Waals surface area contributed by atoms with Crippen LogP contribution in [0, 0.1) is 0 Å². The van der Waals surface area contributed by atoms with Crippen molar-refractivity contribution in [3.8, 4) is 5.75 Å². The molecule has 0 unspecified atom stereocenters.